The third kappa shape index (κ3) is 2.02. The smallest absolute Gasteiger partial charge is 0.0804 e. The zero-order chi connectivity index (χ0) is 10.8. The maximum absolute atomic E-state index is 4.54. The van der Waals surface area contributed by atoms with Crippen molar-refractivity contribution < 1.29 is 0 Å². The van der Waals surface area contributed by atoms with Gasteiger partial charge in [-0.25, -0.2) is 0 Å². The predicted octanol–water partition coefficient (Wildman–Crippen LogP) is 3.10. The normalized spacial score (nSPS) is 25.5. The van der Waals surface area contributed by atoms with Crippen molar-refractivity contribution >= 4 is 28.3 Å². The van der Waals surface area contributed by atoms with Crippen LogP contribution in [0.25, 0.3) is 0 Å². The second kappa shape index (κ2) is 4.51. The number of alkyl halides is 1. The first-order valence-corrected chi connectivity index (χ1v) is 6.65. The highest BCUT2D eigenvalue weighted by Crippen LogP contribution is 2.35. The van der Waals surface area contributed by atoms with E-state index in [4.69, 9.17) is 0 Å². The van der Waals surface area contributed by atoms with Crippen LogP contribution in [0.4, 0.5) is 0 Å². The van der Waals surface area contributed by atoms with Gasteiger partial charge in [0.1, 0.15) is 0 Å². The van der Waals surface area contributed by atoms with E-state index < -0.39 is 0 Å². The van der Waals surface area contributed by atoms with E-state index >= 15 is 0 Å². The Morgan fingerprint density at radius 3 is 2.60 bits per heavy atom. The van der Waals surface area contributed by atoms with Crippen LogP contribution in [0.15, 0.2) is 35.4 Å². The number of halogens is 1. The highest BCUT2D eigenvalue weighted by Gasteiger charge is 2.33. The Morgan fingerprint density at radius 1 is 1.33 bits per heavy atom. The summed E-state index contributed by atoms with van der Waals surface area (Å²) in [7, 11) is 2.06. The Hall–Kier alpha value is -0.580. The summed E-state index contributed by atoms with van der Waals surface area (Å²) in [6.45, 7) is 2.13. The second-order valence-electron chi connectivity index (χ2n) is 3.93. The molecule has 0 aliphatic carbocycles. The molecule has 1 heterocycles. The minimum absolute atomic E-state index is 0.420. The summed E-state index contributed by atoms with van der Waals surface area (Å²) in [4.78, 5) is 0. The Balaban J connectivity index is 2.30. The molecule has 2 atom stereocenters. The lowest BCUT2D eigenvalue weighted by atomic mass is 9.92. The van der Waals surface area contributed by atoms with Gasteiger partial charge in [0, 0.05) is 23.1 Å². The molecule has 0 aromatic heterocycles. The van der Waals surface area contributed by atoms with Crippen molar-refractivity contribution in [3.8, 4) is 0 Å². The molecular weight excluding hydrogens is 299 g/mol. The maximum Gasteiger partial charge on any atom is 0.0804 e. The molecule has 2 nitrogen and oxygen atoms in total. The van der Waals surface area contributed by atoms with Crippen molar-refractivity contribution in [1.82, 2.24) is 5.01 Å². The molecule has 0 amide bonds. The number of nitrogens with zero attached hydrogens (tertiary/aromatic N) is 2. The van der Waals surface area contributed by atoms with Gasteiger partial charge in [0.25, 0.3) is 0 Å². The van der Waals surface area contributed by atoms with Gasteiger partial charge in [0.05, 0.1) is 6.04 Å². The number of hydrogen-bond acceptors (Lipinski definition) is 2. The molecule has 0 radical (unpaired) electrons. The summed E-state index contributed by atoms with van der Waals surface area (Å²) in [6.07, 6.45) is 0. The molecule has 80 valence electrons. The van der Waals surface area contributed by atoms with E-state index in [1.54, 1.807) is 0 Å². The molecule has 1 aliphatic heterocycles. The van der Waals surface area contributed by atoms with E-state index in [0.717, 1.165) is 4.43 Å². The molecule has 0 saturated heterocycles. The van der Waals surface area contributed by atoms with Crippen LogP contribution in [-0.4, -0.2) is 22.2 Å². The van der Waals surface area contributed by atoms with Gasteiger partial charge < -0.3 is 0 Å². The van der Waals surface area contributed by atoms with Crippen LogP contribution in [0.1, 0.15) is 18.5 Å². The number of hydrogen-bond donors (Lipinski definition) is 0. The Labute approximate surface area is 105 Å². The first kappa shape index (κ1) is 10.9. The first-order chi connectivity index (χ1) is 7.24. The summed E-state index contributed by atoms with van der Waals surface area (Å²) in [5.41, 5.74) is 2.61. The third-order valence-corrected chi connectivity index (χ3v) is 3.89. The third-order valence-electron chi connectivity index (χ3n) is 2.94. The van der Waals surface area contributed by atoms with Crippen LogP contribution >= 0.6 is 22.6 Å². The minimum atomic E-state index is 0.420. The van der Waals surface area contributed by atoms with Gasteiger partial charge in [0.15, 0.2) is 0 Å². The number of benzene rings is 1. The Kier molecular flexibility index (Phi) is 3.29. The quantitative estimate of drug-likeness (QED) is 0.605. The minimum Gasteiger partial charge on any atom is -0.292 e. The monoisotopic (exact) mass is 314 g/mol. The average molecular weight is 314 g/mol. The van der Waals surface area contributed by atoms with Crippen LogP contribution in [0.5, 0.6) is 0 Å². The van der Waals surface area contributed by atoms with E-state index in [0.29, 0.717) is 12.0 Å². The SMILES string of the molecule is CC1=NN(C)C(c2ccccc2)C1CI. The van der Waals surface area contributed by atoms with Crippen molar-refractivity contribution in [2.75, 3.05) is 11.5 Å². The van der Waals surface area contributed by atoms with Crippen LogP contribution in [0, 0.1) is 5.92 Å². The van der Waals surface area contributed by atoms with Gasteiger partial charge >= 0.3 is 0 Å². The fourth-order valence-electron chi connectivity index (χ4n) is 2.17. The molecule has 0 bridgehead atoms. The summed E-state index contributed by atoms with van der Waals surface area (Å²) in [6, 6.07) is 11.1. The predicted molar refractivity (Wildman–Crippen MR) is 72.4 cm³/mol. The fourth-order valence-corrected chi connectivity index (χ4v) is 3.29. The van der Waals surface area contributed by atoms with Crippen LogP contribution < -0.4 is 0 Å². The highest BCUT2D eigenvalue weighted by atomic mass is 127. The number of hydrazone groups is 1. The lowest BCUT2D eigenvalue weighted by Crippen LogP contribution is -2.23. The van der Waals surface area contributed by atoms with Gasteiger partial charge in [-0.1, -0.05) is 52.9 Å². The van der Waals surface area contributed by atoms with Crippen LogP contribution in [-0.2, 0) is 0 Å². The Bertz CT molecular complexity index is 361. The standard InChI is InChI=1S/C12H15IN2/c1-9-11(8-13)12(15(2)14-9)10-6-4-3-5-7-10/h3-7,11-12H,8H2,1-2H3. The van der Waals surface area contributed by atoms with Crippen molar-refractivity contribution in [1.29, 1.82) is 0 Å². The molecule has 1 aromatic rings. The molecular formula is C12H15IN2. The van der Waals surface area contributed by atoms with Gasteiger partial charge in [-0.2, -0.15) is 5.10 Å². The summed E-state index contributed by atoms with van der Waals surface area (Å²) < 4.78 is 1.12. The molecule has 1 aliphatic rings. The molecule has 0 saturated carbocycles. The lowest BCUT2D eigenvalue weighted by Gasteiger charge is -2.24. The first-order valence-electron chi connectivity index (χ1n) is 5.13. The zero-order valence-corrected chi connectivity index (χ0v) is 11.2. The molecule has 2 unspecified atom stereocenters. The second-order valence-corrected chi connectivity index (χ2v) is 4.81. The molecule has 0 fully saturated rings. The topological polar surface area (TPSA) is 15.6 Å². The van der Waals surface area contributed by atoms with Crippen molar-refractivity contribution in [3.05, 3.63) is 35.9 Å². The van der Waals surface area contributed by atoms with Crippen molar-refractivity contribution in [3.63, 3.8) is 0 Å². The fraction of sp³-hybridized carbons (Fsp3) is 0.417. The van der Waals surface area contributed by atoms with E-state index in [1.807, 2.05) is 0 Å². The molecule has 0 N–H and O–H groups in total. The van der Waals surface area contributed by atoms with Crippen molar-refractivity contribution in [2.45, 2.75) is 13.0 Å². The largest absolute Gasteiger partial charge is 0.292 e. The molecule has 3 heteroatoms. The van der Waals surface area contributed by atoms with Gasteiger partial charge in [-0.3, -0.25) is 5.01 Å². The zero-order valence-electron chi connectivity index (χ0n) is 9.02. The number of rotatable bonds is 2. The summed E-state index contributed by atoms with van der Waals surface area (Å²) in [5.74, 6) is 0.554. The summed E-state index contributed by atoms with van der Waals surface area (Å²) in [5, 5.41) is 6.64. The van der Waals surface area contributed by atoms with E-state index in [-0.39, 0.29) is 0 Å². The van der Waals surface area contributed by atoms with Crippen molar-refractivity contribution in [2.24, 2.45) is 11.0 Å². The van der Waals surface area contributed by atoms with Crippen LogP contribution in [0.3, 0.4) is 0 Å². The highest BCUT2D eigenvalue weighted by molar-refractivity contribution is 14.1. The maximum atomic E-state index is 4.54. The Morgan fingerprint density at radius 2 is 2.00 bits per heavy atom. The van der Waals surface area contributed by atoms with Gasteiger partial charge in [0.2, 0.25) is 0 Å². The van der Waals surface area contributed by atoms with E-state index in [2.05, 4.69) is 77.0 Å². The molecule has 15 heavy (non-hydrogen) atoms. The average Bonchev–Trinajstić information content (AvgIpc) is 2.54. The van der Waals surface area contributed by atoms with Gasteiger partial charge in [-0.05, 0) is 12.5 Å². The lowest BCUT2D eigenvalue weighted by molar-refractivity contribution is 0.260. The van der Waals surface area contributed by atoms with Gasteiger partial charge in [-0.15, -0.1) is 0 Å². The van der Waals surface area contributed by atoms with E-state index in [9.17, 15) is 0 Å². The molecule has 2 rings (SSSR count). The van der Waals surface area contributed by atoms with Crippen LogP contribution in [0.2, 0.25) is 0 Å². The summed E-state index contributed by atoms with van der Waals surface area (Å²) >= 11 is 2.45. The van der Waals surface area contributed by atoms with E-state index in [1.165, 1.54) is 11.3 Å². The molecule has 0 spiro atoms. The molecule has 1 aromatic carbocycles.